The van der Waals surface area contributed by atoms with Crippen molar-refractivity contribution in [3.8, 4) is 0 Å². The van der Waals surface area contributed by atoms with Gasteiger partial charge in [0.05, 0.1) is 20.6 Å². The van der Waals surface area contributed by atoms with E-state index in [1.807, 2.05) is 6.92 Å². The molecule has 0 radical (unpaired) electrons. The van der Waals surface area contributed by atoms with Gasteiger partial charge < -0.3 is 10.2 Å². The Morgan fingerprint density at radius 3 is 2.16 bits per heavy atom. The second-order valence-corrected chi connectivity index (χ2v) is 11.7. The van der Waals surface area contributed by atoms with E-state index in [0.717, 1.165) is 15.4 Å². The summed E-state index contributed by atoms with van der Waals surface area (Å²) < 4.78 is 28.6. The van der Waals surface area contributed by atoms with Crippen molar-refractivity contribution in [3.05, 3.63) is 92.9 Å². The fourth-order valence-corrected chi connectivity index (χ4v) is 5.91. The van der Waals surface area contributed by atoms with Crippen molar-refractivity contribution >= 4 is 62.3 Å². The molecule has 0 aromatic heterocycles. The molecule has 0 fully saturated rings. The summed E-state index contributed by atoms with van der Waals surface area (Å²) in [5.74, 6) is -0.967. The zero-order chi connectivity index (χ0) is 28.0. The van der Waals surface area contributed by atoms with E-state index in [0.29, 0.717) is 11.4 Å². The highest BCUT2D eigenvalue weighted by Crippen LogP contribution is 2.35. The number of anilines is 1. The second-order valence-electron chi connectivity index (χ2n) is 8.58. The molecule has 0 bridgehead atoms. The summed E-state index contributed by atoms with van der Waals surface area (Å²) >= 11 is 18.7. The number of amides is 2. The molecular formula is C27H28Cl3N3O4S. The van der Waals surface area contributed by atoms with Crippen LogP contribution in [0.25, 0.3) is 0 Å². The van der Waals surface area contributed by atoms with Crippen molar-refractivity contribution in [3.63, 3.8) is 0 Å². The molecule has 0 aliphatic carbocycles. The quantitative estimate of drug-likeness (QED) is 0.325. The van der Waals surface area contributed by atoms with Crippen molar-refractivity contribution in [1.82, 2.24) is 10.2 Å². The lowest BCUT2D eigenvalue weighted by molar-refractivity contribution is -0.140. The summed E-state index contributed by atoms with van der Waals surface area (Å²) in [5, 5.41) is 3.23. The van der Waals surface area contributed by atoms with Crippen LogP contribution in [0.5, 0.6) is 0 Å². The van der Waals surface area contributed by atoms with Gasteiger partial charge in [-0.2, -0.15) is 0 Å². The summed E-state index contributed by atoms with van der Waals surface area (Å²) in [6.07, 6.45) is 0.307. The molecule has 3 aromatic carbocycles. The molecule has 7 nitrogen and oxygen atoms in total. The Balaban J connectivity index is 2.10. The summed E-state index contributed by atoms with van der Waals surface area (Å²) in [5.41, 5.74) is 1.64. The van der Waals surface area contributed by atoms with E-state index in [2.05, 4.69) is 5.32 Å². The molecule has 3 rings (SSSR count). The van der Waals surface area contributed by atoms with Gasteiger partial charge >= 0.3 is 0 Å². The fourth-order valence-electron chi connectivity index (χ4n) is 3.91. The monoisotopic (exact) mass is 595 g/mol. The zero-order valence-electron chi connectivity index (χ0n) is 21.1. The van der Waals surface area contributed by atoms with Crippen LogP contribution in [0, 0.1) is 6.92 Å². The van der Waals surface area contributed by atoms with Gasteiger partial charge in [0, 0.05) is 18.6 Å². The number of rotatable bonds is 10. The number of hydrogen-bond acceptors (Lipinski definition) is 4. The van der Waals surface area contributed by atoms with E-state index < -0.39 is 28.5 Å². The molecule has 1 atom stereocenters. The van der Waals surface area contributed by atoms with Crippen LogP contribution >= 0.6 is 34.8 Å². The molecule has 0 heterocycles. The number of aryl methyl sites for hydroxylation is 1. The predicted molar refractivity (Wildman–Crippen MR) is 152 cm³/mol. The van der Waals surface area contributed by atoms with E-state index in [-0.39, 0.29) is 33.1 Å². The topological polar surface area (TPSA) is 86.8 Å². The third-order valence-corrected chi connectivity index (χ3v) is 8.82. The van der Waals surface area contributed by atoms with Gasteiger partial charge in [0.1, 0.15) is 12.6 Å². The Kier molecular flexibility index (Phi) is 10.1. The normalized spacial score (nSPS) is 12.1. The van der Waals surface area contributed by atoms with Crippen molar-refractivity contribution in [1.29, 1.82) is 0 Å². The molecule has 38 heavy (non-hydrogen) atoms. The molecule has 0 saturated carbocycles. The highest BCUT2D eigenvalue weighted by molar-refractivity contribution is 7.92. The Hall–Kier alpha value is -2.78. The van der Waals surface area contributed by atoms with E-state index in [9.17, 15) is 18.0 Å². The fraction of sp³-hybridized carbons (Fsp3) is 0.259. The van der Waals surface area contributed by atoms with E-state index in [1.165, 1.54) is 36.2 Å². The number of sulfonamides is 1. The average molecular weight is 597 g/mol. The predicted octanol–water partition coefficient (Wildman–Crippen LogP) is 5.70. The van der Waals surface area contributed by atoms with Crippen LogP contribution in [0.2, 0.25) is 15.1 Å². The molecule has 0 saturated heterocycles. The second kappa shape index (κ2) is 12.8. The number of likely N-dealkylation sites (N-methyl/N-ethyl adjacent to an activating group) is 1. The number of nitrogens with zero attached hydrogens (tertiary/aromatic N) is 2. The first-order valence-corrected chi connectivity index (χ1v) is 14.4. The highest BCUT2D eigenvalue weighted by atomic mass is 35.5. The molecule has 0 aliphatic rings. The number of carbonyl (C=O) groups excluding carboxylic acids is 2. The molecule has 2 amide bonds. The first kappa shape index (κ1) is 29.8. The Bertz CT molecular complexity index is 1400. The lowest BCUT2D eigenvalue weighted by atomic mass is 10.1. The molecule has 3 aromatic rings. The molecule has 11 heteroatoms. The molecule has 0 spiro atoms. The Morgan fingerprint density at radius 1 is 0.947 bits per heavy atom. The molecule has 202 valence electrons. The van der Waals surface area contributed by atoms with Crippen LogP contribution < -0.4 is 9.62 Å². The average Bonchev–Trinajstić information content (AvgIpc) is 2.90. The SMILES string of the molecule is CCC(C(=O)NC)N(Cc1ccc(Cl)cc1)C(=O)CN(c1cccc(Cl)c1Cl)S(=O)(=O)c1ccc(C)cc1. The number of hydrogen-bond donors (Lipinski definition) is 1. The van der Waals surface area contributed by atoms with E-state index in [4.69, 9.17) is 34.8 Å². The van der Waals surface area contributed by atoms with Gasteiger partial charge in [-0.15, -0.1) is 0 Å². The summed E-state index contributed by atoms with van der Waals surface area (Å²) in [7, 11) is -2.77. The largest absolute Gasteiger partial charge is 0.357 e. The Labute approximate surface area is 238 Å². The van der Waals surface area contributed by atoms with Crippen LogP contribution in [0.15, 0.2) is 71.6 Å². The van der Waals surface area contributed by atoms with Crippen molar-refractivity contribution in [2.24, 2.45) is 0 Å². The minimum absolute atomic E-state index is 0.0137. The lowest BCUT2D eigenvalue weighted by Gasteiger charge is -2.33. The maximum atomic E-state index is 13.9. The first-order valence-electron chi connectivity index (χ1n) is 11.8. The summed E-state index contributed by atoms with van der Waals surface area (Å²) in [6, 6.07) is 16.8. The van der Waals surface area contributed by atoms with Crippen molar-refractivity contribution in [2.75, 3.05) is 17.9 Å². The molecule has 1 N–H and O–H groups in total. The van der Waals surface area contributed by atoms with Crippen LogP contribution in [0.3, 0.4) is 0 Å². The standard InChI is InChI=1S/C27H28Cl3N3O4S/c1-4-23(27(35)31-3)32(16-19-10-12-20(28)13-11-19)25(34)17-33(24-7-5-6-22(29)26(24)30)38(36,37)21-14-8-18(2)9-15-21/h5-15,23H,4,16-17H2,1-3H3,(H,31,35). The number of halogens is 3. The maximum absolute atomic E-state index is 13.9. The van der Waals surface area contributed by atoms with Gasteiger partial charge in [-0.25, -0.2) is 8.42 Å². The van der Waals surface area contributed by atoms with E-state index >= 15 is 0 Å². The maximum Gasteiger partial charge on any atom is 0.264 e. The minimum Gasteiger partial charge on any atom is -0.357 e. The van der Waals surface area contributed by atoms with Crippen LogP contribution in [-0.4, -0.2) is 44.8 Å². The lowest BCUT2D eigenvalue weighted by Crippen LogP contribution is -2.51. The Morgan fingerprint density at radius 2 is 1.58 bits per heavy atom. The third kappa shape index (κ3) is 6.80. The number of nitrogens with one attached hydrogen (secondary N) is 1. The minimum atomic E-state index is -4.25. The van der Waals surface area contributed by atoms with Gasteiger partial charge in [-0.1, -0.05) is 77.6 Å². The van der Waals surface area contributed by atoms with Gasteiger partial charge in [0.2, 0.25) is 11.8 Å². The third-order valence-electron chi connectivity index (χ3n) is 5.99. The smallest absolute Gasteiger partial charge is 0.264 e. The van der Waals surface area contributed by atoms with Gasteiger partial charge in [-0.3, -0.25) is 13.9 Å². The molecule has 1 unspecified atom stereocenters. The van der Waals surface area contributed by atoms with Gasteiger partial charge in [0.15, 0.2) is 0 Å². The van der Waals surface area contributed by atoms with Gasteiger partial charge in [0.25, 0.3) is 10.0 Å². The first-order chi connectivity index (χ1) is 18.0. The molecular weight excluding hydrogens is 569 g/mol. The molecule has 0 aliphatic heterocycles. The summed E-state index contributed by atoms with van der Waals surface area (Å²) in [6.45, 7) is 3.06. The van der Waals surface area contributed by atoms with Gasteiger partial charge in [-0.05, 0) is 55.3 Å². The van der Waals surface area contributed by atoms with Crippen molar-refractivity contribution < 1.29 is 18.0 Å². The number of benzene rings is 3. The van der Waals surface area contributed by atoms with E-state index in [1.54, 1.807) is 49.4 Å². The van der Waals surface area contributed by atoms with Crippen molar-refractivity contribution in [2.45, 2.75) is 37.8 Å². The highest BCUT2D eigenvalue weighted by Gasteiger charge is 2.34. The van der Waals surface area contributed by atoms with Crippen LogP contribution in [-0.2, 0) is 26.2 Å². The van der Waals surface area contributed by atoms with Crippen LogP contribution in [0.1, 0.15) is 24.5 Å². The van der Waals surface area contributed by atoms with Crippen LogP contribution in [0.4, 0.5) is 5.69 Å². The number of carbonyl (C=O) groups is 2. The zero-order valence-corrected chi connectivity index (χ0v) is 24.2. The summed E-state index contributed by atoms with van der Waals surface area (Å²) in [4.78, 5) is 28.0.